The number of fused-ring (bicyclic) bond motifs is 1. The van der Waals surface area contributed by atoms with Gasteiger partial charge in [0.2, 0.25) is 0 Å². The first kappa shape index (κ1) is 19.9. The molecule has 2 N–H and O–H groups in total. The highest BCUT2D eigenvalue weighted by molar-refractivity contribution is 7.80. The van der Waals surface area contributed by atoms with E-state index in [0.717, 1.165) is 33.5 Å². The lowest BCUT2D eigenvalue weighted by molar-refractivity contribution is 0.419. The predicted octanol–water partition coefficient (Wildman–Crippen LogP) is 5.63. The second kappa shape index (κ2) is 8.93. The molecule has 1 heterocycles. The maximum atomic E-state index is 5.70. The Balaban J connectivity index is 1.63. The molecule has 4 rings (SSSR count). The SMILES string of the molecule is COc1ccc(NC(=S)N[C@@H](c2ccccc2)c2cccc(C)c2)c2cccnc12. The quantitative estimate of drug-likeness (QED) is 0.415. The molecular weight excluding hydrogens is 390 g/mol. The molecule has 4 nitrogen and oxygen atoms in total. The van der Waals surface area contributed by atoms with Crippen LogP contribution in [0.5, 0.6) is 5.75 Å². The number of methoxy groups -OCH3 is 1. The zero-order valence-corrected chi connectivity index (χ0v) is 17.7. The fraction of sp³-hybridized carbons (Fsp3) is 0.120. The molecule has 3 aromatic carbocycles. The van der Waals surface area contributed by atoms with Crippen LogP contribution in [-0.2, 0) is 0 Å². The molecule has 150 valence electrons. The molecule has 0 unspecified atom stereocenters. The Morgan fingerprint density at radius 2 is 1.73 bits per heavy atom. The van der Waals surface area contributed by atoms with Crippen molar-refractivity contribution in [1.82, 2.24) is 10.3 Å². The van der Waals surface area contributed by atoms with Crippen LogP contribution in [0.4, 0.5) is 5.69 Å². The second-order valence-corrected chi connectivity index (χ2v) is 7.48. The predicted molar refractivity (Wildman–Crippen MR) is 127 cm³/mol. The highest BCUT2D eigenvalue weighted by atomic mass is 32.1. The Kier molecular flexibility index (Phi) is 5.91. The average molecular weight is 414 g/mol. The van der Waals surface area contributed by atoms with E-state index >= 15 is 0 Å². The second-order valence-electron chi connectivity index (χ2n) is 7.07. The van der Waals surface area contributed by atoms with Crippen molar-refractivity contribution in [3.05, 3.63) is 102 Å². The largest absolute Gasteiger partial charge is 0.494 e. The van der Waals surface area contributed by atoms with Gasteiger partial charge in [-0.1, -0.05) is 60.2 Å². The number of ether oxygens (including phenoxy) is 1. The fourth-order valence-corrected chi connectivity index (χ4v) is 3.79. The number of nitrogens with zero attached hydrogens (tertiary/aromatic N) is 1. The molecule has 0 saturated heterocycles. The van der Waals surface area contributed by atoms with Gasteiger partial charge in [-0.2, -0.15) is 0 Å². The van der Waals surface area contributed by atoms with E-state index in [1.807, 2.05) is 42.5 Å². The Labute approximate surface area is 181 Å². The number of hydrogen-bond acceptors (Lipinski definition) is 3. The average Bonchev–Trinajstić information content (AvgIpc) is 2.78. The molecule has 0 aliphatic carbocycles. The number of aromatic nitrogens is 1. The lowest BCUT2D eigenvalue weighted by Crippen LogP contribution is -2.33. The Hall–Kier alpha value is -3.44. The lowest BCUT2D eigenvalue weighted by Gasteiger charge is -2.23. The van der Waals surface area contributed by atoms with Gasteiger partial charge in [-0.05, 0) is 54.5 Å². The minimum Gasteiger partial charge on any atom is -0.494 e. The summed E-state index contributed by atoms with van der Waals surface area (Å²) in [6, 6.07) is 26.5. The third kappa shape index (κ3) is 4.26. The van der Waals surface area contributed by atoms with E-state index in [-0.39, 0.29) is 6.04 Å². The van der Waals surface area contributed by atoms with Crippen LogP contribution in [0, 0.1) is 6.92 Å². The third-order valence-corrected chi connectivity index (χ3v) is 5.20. The minimum absolute atomic E-state index is 0.0614. The molecule has 0 amide bonds. The summed E-state index contributed by atoms with van der Waals surface area (Å²) >= 11 is 5.70. The van der Waals surface area contributed by atoms with Crippen LogP contribution in [0.1, 0.15) is 22.7 Å². The zero-order chi connectivity index (χ0) is 20.9. The summed E-state index contributed by atoms with van der Waals surface area (Å²) < 4.78 is 5.44. The number of nitrogens with one attached hydrogen (secondary N) is 2. The van der Waals surface area contributed by atoms with E-state index in [4.69, 9.17) is 17.0 Å². The summed E-state index contributed by atoms with van der Waals surface area (Å²) in [6.45, 7) is 2.10. The van der Waals surface area contributed by atoms with Gasteiger partial charge in [-0.3, -0.25) is 4.98 Å². The van der Waals surface area contributed by atoms with Crippen LogP contribution in [0.2, 0.25) is 0 Å². The summed E-state index contributed by atoms with van der Waals surface area (Å²) in [5, 5.41) is 8.33. The number of thiocarbonyl (C=S) groups is 1. The minimum atomic E-state index is -0.0614. The van der Waals surface area contributed by atoms with Gasteiger partial charge in [0.15, 0.2) is 5.11 Å². The molecule has 0 saturated carbocycles. The van der Waals surface area contributed by atoms with Crippen molar-refractivity contribution in [3.63, 3.8) is 0 Å². The van der Waals surface area contributed by atoms with Gasteiger partial charge in [0.05, 0.1) is 13.2 Å². The van der Waals surface area contributed by atoms with Crippen molar-refractivity contribution in [1.29, 1.82) is 0 Å². The number of pyridine rings is 1. The standard InChI is InChI=1S/C25H23N3OS/c1-17-8-6-11-19(16-17)23(18-9-4-3-5-10-18)28-25(30)27-21-13-14-22(29-2)24-20(21)12-7-15-26-24/h3-16,23H,1-2H3,(H2,27,28,30)/t23-/m0/s1. The van der Waals surface area contributed by atoms with Crippen molar-refractivity contribution in [2.24, 2.45) is 0 Å². The molecule has 5 heteroatoms. The highest BCUT2D eigenvalue weighted by Crippen LogP contribution is 2.30. The molecule has 4 aromatic rings. The Morgan fingerprint density at radius 1 is 0.933 bits per heavy atom. The summed E-state index contributed by atoms with van der Waals surface area (Å²) in [7, 11) is 1.65. The Morgan fingerprint density at radius 3 is 2.50 bits per heavy atom. The molecule has 0 radical (unpaired) electrons. The summed E-state index contributed by atoms with van der Waals surface area (Å²) in [5.41, 5.74) is 5.19. The van der Waals surface area contributed by atoms with Crippen LogP contribution in [0.25, 0.3) is 10.9 Å². The van der Waals surface area contributed by atoms with E-state index in [2.05, 4.69) is 58.9 Å². The van der Waals surface area contributed by atoms with Gasteiger partial charge in [0, 0.05) is 17.3 Å². The first-order valence-corrected chi connectivity index (χ1v) is 10.2. The van der Waals surface area contributed by atoms with E-state index in [9.17, 15) is 0 Å². The lowest BCUT2D eigenvalue weighted by atomic mass is 9.97. The molecule has 0 bridgehead atoms. The molecule has 0 aliphatic heterocycles. The molecule has 0 aliphatic rings. The first-order chi connectivity index (χ1) is 14.7. The van der Waals surface area contributed by atoms with Crippen molar-refractivity contribution in [3.8, 4) is 5.75 Å². The number of hydrogen-bond donors (Lipinski definition) is 2. The van der Waals surface area contributed by atoms with Gasteiger partial charge < -0.3 is 15.4 Å². The molecule has 1 aromatic heterocycles. The molecule has 0 fully saturated rings. The smallest absolute Gasteiger partial charge is 0.171 e. The highest BCUT2D eigenvalue weighted by Gasteiger charge is 2.16. The summed E-state index contributed by atoms with van der Waals surface area (Å²) in [4.78, 5) is 4.46. The van der Waals surface area contributed by atoms with Crippen LogP contribution >= 0.6 is 12.2 Å². The normalized spacial score (nSPS) is 11.7. The van der Waals surface area contributed by atoms with E-state index in [1.54, 1.807) is 13.3 Å². The monoisotopic (exact) mass is 413 g/mol. The van der Waals surface area contributed by atoms with Gasteiger partial charge in [0.1, 0.15) is 11.3 Å². The third-order valence-electron chi connectivity index (χ3n) is 4.98. The fourth-order valence-electron chi connectivity index (χ4n) is 3.56. The molecule has 0 spiro atoms. The van der Waals surface area contributed by atoms with Crippen molar-refractivity contribution in [2.75, 3.05) is 12.4 Å². The van der Waals surface area contributed by atoms with Gasteiger partial charge >= 0.3 is 0 Å². The number of anilines is 1. The van der Waals surface area contributed by atoms with Crippen LogP contribution in [0.15, 0.2) is 85.1 Å². The van der Waals surface area contributed by atoms with E-state index in [1.165, 1.54) is 5.56 Å². The molecular formula is C25H23N3OS. The van der Waals surface area contributed by atoms with Gasteiger partial charge in [-0.15, -0.1) is 0 Å². The maximum Gasteiger partial charge on any atom is 0.171 e. The molecule has 30 heavy (non-hydrogen) atoms. The topological polar surface area (TPSA) is 46.2 Å². The van der Waals surface area contributed by atoms with Gasteiger partial charge in [0.25, 0.3) is 0 Å². The maximum absolute atomic E-state index is 5.70. The van der Waals surface area contributed by atoms with Gasteiger partial charge in [-0.25, -0.2) is 0 Å². The van der Waals surface area contributed by atoms with E-state index < -0.39 is 0 Å². The number of rotatable bonds is 5. The zero-order valence-electron chi connectivity index (χ0n) is 16.9. The molecule has 1 atom stereocenters. The summed E-state index contributed by atoms with van der Waals surface area (Å²) in [6.07, 6.45) is 1.76. The first-order valence-electron chi connectivity index (χ1n) is 9.76. The number of benzene rings is 3. The van der Waals surface area contributed by atoms with Crippen molar-refractivity contribution < 1.29 is 4.74 Å². The van der Waals surface area contributed by atoms with Crippen molar-refractivity contribution >= 4 is 33.9 Å². The Bertz CT molecular complexity index is 1180. The van der Waals surface area contributed by atoms with Crippen LogP contribution in [-0.4, -0.2) is 17.2 Å². The summed E-state index contributed by atoms with van der Waals surface area (Å²) in [5.74, 6) is 0.733. The van der Waals surface area contributed by atoms with E-state index in [0.29, 0.717) is 5.11 Å². The van der Waals surface area contributed by atoms with Crippen LogP contribution < -0.4 is 15.4 Å². The van der Waals surface area contributed by atoms with Crippen LogP contribution in [0.3, 0.4) is 0 Å². The van der Waals surface area contributed by atoms with Crippen molar-refractivity contribution in [2.45, 2.75) is 13.0 Å². The number of aryl methyl sites for hydroxylation is 1.